The van der Waals surface area contributed by atoms with Crippen molar-refractivity contribution in [1.82, 2.24) is 4.98 Å². The quantitative estimate of drug-likeness (QED) is 0.873. The van der Waals surface area contributed by atoms with Gasteiger partial charge < -0.3 is 10.4 Å². The van der Waals surface area contributed by atoms with Gasteiger partial charge in [0, 0.05) is 16.2 Å². The highest BCUT2D eigenvalue weighted by Gasteiger charge is 2.33. The van der Waals surface area contributed by atoms with E-state index in [0.29, 0.717) is 12.5 Å². The van der Waals surface area contributed by atoms with E-state index in [-0.39, 0.29) is 5.92 Å². The summed E-state index contributed by atoms with van der Waals surface area (Å²) in [5.41, 5.74) is 0.808. The van der Waals surface area contributed by atoms with Crippen LogP contribution in [0.5, 0.6) is 0 Å². The molecule has 0 radical (unpaired) electrons. The molecule has 110 valence electrons. The second-order valence-electron chi connectivity index (χ2n) is 5.49. The van der Waals surface area contributed by atoms with Crippen molar-refractivity contribution in [3.63, 3.8) is 0 Å². The Hall–Kier alpha value is -0.750. The Morgan fingerprint density at radius 2 is 2.35 bits per heavy atom. The SMILES string of the molecule is CCSC1CCC(Nc2nc3c(s2)CCC3C(=O)O)C1. The minimum absolute atomic E-state index is 0.385. The van der Waals surface area contributed by atoms with E-state index < -0.39 is 5.97 Å². The molecule has 0 spiro atoms. The number of hydrogen-bond donors (Lipinski definition) is 2. The van der Waals surface area contributed by atoms with Crippen LogP contribution < -0.4 is 5.32 Å². The molecule has 4 nitrogen and oxygen atoms in total. The fraction of sp³-hybridized carbons (Fsp3) is 0.714. The summed E-state index contributed by atoms with van der Waals surface area (Å²) in [6.45, 7) is 2.21. The van der Waals surface area contributed by atoms with E-state index in [1.165, 1.54) is 25.0 Å². The normalized spacial score (nSPS) is 28.6. The lowest BCUT2D eigenvalue weighted by atomic mass is 10.1. The van der Waals surface area contributed by atoms with Gasteiger partial charge in [0.2, 0.25) is 0 Å². The monoisotopic (exact) mass is 312 g/mol. The van der Waals surface area contributed by atoms with Crippen LogP contribution >= 0.6 is 23.1 Å². The van der Waals surface area contributed by atoms with Crippen molar-refractivity contribution in [2.24, 2.45) is 0 Å². The van der Waals surface area contributed by atoms with Crippen molar-refractivity contribution in [3.05, 3.63) is 10.6 Å². The first-order chi connectivity index (χ1) is 9.67. The van der Waals surface area contributed by atoms with Crippen LogP contribution in [0.4, 0.5) is 5.13 Å². The summed E-state index contributed by atoms with van der Waals surface area (Å²) < 4.78 is 0. The number of carboxylic acid groups (broad SMARTS) is 1. The molecule has 0 aromatic carbocycles. The third-order valence-electron chi connectivity index (χ3n) is 4.13. The average Bonchev–Trinajstić information content (AvgIpc) is 3.05. The minimum Gasteiger partial charge on any atom is -0.481 e. The van der Waals surface area contributed by atoms with E-state index >= 15 is 0 Å². The first-order valence-corrected chi connectivity index (χ1v) is 9.14. The number of anilines is 1. The minimum atomic E-state index is -0.735. The molecule has 20 heavy (non-hydrogen) atoms. The Morgan fingerprint density at radius 1 is 1.50 bits per heavy atom. The van der Waals surface area contributed by atoms with Crippen LogP contribution in [0.1, 0.15) is 49.1 Å². The van der Waals surface area contributed by atoms with Crippen molar-refractivity contribution >= 4 is 34.2 Å². The second kappa shape index (κ2) is 5.93. The predicted octanol–water partition coefficient (Wildman–Crippen LogP) is 3.34. The van der Waals surface area contributed by atoms with Gasteiger partial charge >= 0.3 is 5.97 Å². The number of hydrogen-bond acceptors (Lipinski definition) is 5. The van der Waals surface area contributed by atoms with Crippen LogP contribution in [0.2, 0.25) is 0 Å². The Kier molecular flexibility index (Phi) is 4.21. The van der Waals surface area contributed by atoms with Crippen LogP contribution in [-0.4, -0.2) is 33.1 Å². The number of thioether (sulfide) groups is 1. The fourth-order valence-corrected chi connectivity index (χ4v) is 5.42. The molecule has 0 bridgehead atoms. The number of aryl methyl sites for hydroxylation is 1. The Bertz CT molecular complexity index is 503. The number of fused-ring (bicyclic) bond motifs is 1. The molecule has 1 aromatic heterocycles. The molecule has 3 unspecified atom stereocenters. The van der Waals surface area contributed by atoms with Gasteiger partial charge in [0.05, 0.1) is 5.69 Å². The zero-order valence-electron chi connectivity index (χ0n) is 11.6. The van der Waals surface area contributed by atoms with Crippen LogP contribution in [0.15, 0.2) is 0 Å². The zero-order valence-corrected chi connectivity index (χ0v) is 13.2. The lowest BCUT2D eigenvalue weighted by Gasteiger charge is -2.12. The Morgan fingerprint density at radius 3 is 3.10 bits per heavy atom. The van der Waals surface area contributed by atoms with Crippen LogP contribution in [0.25, 0.3) is 0 Å². The number of nitrogens with one attached hydrogen (secondary N) is 1. The largest absolute Gasteiger partial charge is 0.481 e. The zero-order chi connectivity index (χ0) is 14.1. The molecule has 0 aliphatic heterocycles. The van der Waals surface area contributed by atoms with Gasteiger partial charge in [-0.25, -0.2) is 4.98 Å². The number of aliphatic carboxylic acids is 1. The third-order valence-corrected chi connectivity index (χ3v) is 6.43. The summed E-state index contributed by atoms with van der Waals surface area (Å²) >= 11 is 3.70. The highest BCUT2D eigenvalue weighted by Crippen LogP contribution is 2.39. The van der Waals surface area contributed by atoms with Crippen molar-refractivity contribution < 1.29 is 9.90 Å². The maximum atomic E-state index is 11.2. The first-order valence-electron chi connectivity index (χ1n) is 7.28. The molecular weight excluding hydrogens is 292 g/mol. The molecule has 3 atom stereocenters. The van der Waals surface area contributed by atoms with E-state index in [0.717, 1.165) is 27.4 Å². The van der Waals surface area contributed by atoms with E-state index in [9.17, 15) is 9.90 Å². The highest BCUT2D eigenvalue weighted by molar-refractivity contribution is 7.99. The van der Waals surface area contributed by atoms with Gasteiger partial charge in [0.15, 0.2) is 5.13 Å². The molecule has 1 saturated carbocycles. The maximum Gasteiger partial charge on any atom is 0.312 e. The summed E-state index contributed by atoms with van der Waals surface area (Å²) in [6.07, 6.45) is 5.25. The smallest absolute Gasteiger partial charge is 0.312 e. The first kappa shape index (κ1) is 14.2. The molecule has 1 heterocycles. The van der Waals surface area contributed by atoms with Gasteiger partial charge in [0.1, 0.15) is 5.92 Å². The average molecular weight is 312 g/mol. The summed E-state index contributed by atoms with van der Waals surface area (Å²) in [4.78, 5) is 16.9. The van der Waals surface area contributed by atoms with E-state index in [1.54, 1.807) is 11.3 Å². The summed E-state index contributed by atoms with van der Waals surface area (Å²) in [7, 11) is 0. The molecule has 0 saturated heterocycles. The molecule has 3 rings (SSSR count). The molecule has 2 N–H and O–H groups in total. The second-order valence-corrected chi connectivity index (χ2v) is 8.15. The van der Waals surface area contributed by atoms with Gasteiger partial charge in [-0.1, -0.05) is 6.92 Å². The number of aromatic nitrogens is 1. The Labute approximate surface area is 127 Å². The van der Waals surface area contributed by atoms with Crippen molar-refractivity contribution in [3.8, 4) is 0 Å². The number of nitrogens with zero attached hydrogens (tertiary/aromatic N) is 1. The van der Waals surface area contributed by atoms with E-state index in [1.807, 2.05) is 11.8 Å². The maximum absolute atomic E-state index is 11.2. The van der Waals surface area contributed by atoms with Gasteiger partial charge in [-0.15, -0.1) is 11.3 Å². The topological polar surface area (TPSA) is 62.2 Å². The van der Waals surface area contributed by atoms with Crippen molar-refractivity contribution in [2.75, 3.05) is 11.1 Å². The lowest BCUT2D eigenvalue weighted by molar-refractivity contribution is -0.138. The summed E-state index contributed by atoms with van der Waals surface area (Å²) in [5, 5.41) is 14.4. The van der Waals surface area contributed by atoms with Gasteiger partial charge in [-0.05, 0) is 37.9 Å². The molecule has 2 aliphatic carbocycles. The standard InChI is InChI=1S/C14H20N2O2S2/c1-2-19-9-4-3-8(7-9)15-14-16-12-10(13(17)18)5-6-11(12)20-14/h8-10H,2-7H2,1H3,(H,15,16)(H,17,18). The van der Waals surface area contributed by atoms with Gasteiger partial charge in [-0.2, -0.15) is 11.8 Å². The molecule has 2 aliphatic rings. The van der Waals surface area contributed by atoms with Gasteiger partial charge in [-0.3, -0.25) is 4.79 Å². The van der Waals surface area contributed by atoms with Gasteiger partial charge in [0.25, 0.3) is 0 Å². The fourth-order valence-electron chi connectivity index (χ4n) is 3.16. The lowest BCUT2D eigenvalue weighted by Crippen LogP contribution is -2.16. The summed E-state index contributed by atoms with van der Waals surface area (Å²) in [5.74, 6) is 0.0631. The number of thiazole rings is 1. The molecule has 1 fully saturated rings. The predicted molar refractivity (Wildman–Crippen MR) is 84.0 cm³/mol. The third kappa shape index (κ3) is 2.81. The molecule has 0 amide bonds. The van der Waals surface area contributed by atoms with Crippen molar-refractivity contribution in [1.29, 1.82) is 0 Å². The van der Waals surface area contributed by atoms with Crippen LogP contribution in [0.3, 0.4) is 0 Å². The highest BCUT2D eigenvalue weighted by atomic mass is 32.2. The number of carbonyl (C=O) groups is 1. The number of carboxylic acids is 1. The molecular formula is C14H20N2O2S2. The van der Waals surface area contributed by atoms with Crippen LogP contribution in [0, 0.1) is 0 Å². The van der Waals surface area contributed by atoms with Crippen molar-refractivity contribution in [2.45, 2.75) is 56.2 Å². The molecule has 1 aromatic rings. The number of rotatable bonds is 5. The molecule has 6 heteroatoms. The summed E-state index contributed by atoms with van der Waals surface area (Å²) in [6, 6.07) is 0.508. The van der Waals surface area contributed by atoms with E-state index in [4.69, 9.17) is 0 Å². The van der Waals surface area contributed by atoms with Crippen LogP contribution in [-0.2, 0) is 11.2 Å². The van der Waals surface area contributed by atoms with E-state index in [2.05, 4.69) is 17.2 Å². The Balaban J connectivity index is 1.63.